The third-order valence-corrected chi connectivity index (χ3v) is 5.89. The maximum absolute atomic E-state index is 12.5. The zero-order chi connectivity index (χ0) is 16.3. The number of H-pyrrole nitrogens is 1. The number of sulfonamides is 1. The van der Waals surface area contributed by atoms with E-state index >= 15 is 0 Å². The molecule has 7 heteroatoms. The molecule has 0 radical (unpaired) electrons. The number of hydrogen-bond donors (Lipinski definition) is 1. The fourth-order valence-corrected chi connectivity index (χ4v) is 4.10. The van der Waals surface area contributed by atoms with Crippen molar-refractivity contribution in [3.8, 4) is 0 Å². The van der Waals surface area contributed by atoms with Crippen LogP contribution in [-0.2, 0) is 10.0 Å². The SMILES string of the molecule is O=C(CN1CCN(S(=O)(=O)c2ccccc2)CC1)c1ccc[nH]1. The first-order valence-corrected chi connectivity index (χ1v) is 8.95. The van der Waals surface area contributed by atoms with Crippen molar-refractivity contribution in [2.45, 2.75) is 4.90 Å². The third kappa shape index (κ3) is 3.52. The van der Waals surface area contributed by atoms with E-state index < -0.39 is 10.0 Å². The number of carbonyl (C=O) groups is 1. The van der Waals surface area contributed by atoms with Gasteiger partial charge >= 0.3 is 0 Å². The summed E-state index contributed by atoms with van der Waals surface area (Å²) >= 11 is 0. The van der Waals surface area contributed by atoms with Crippen LogP contribution in [0.2, 0.25) is 0 Å². The molecular weight excluding hydrogens is 314 g/mol. The molecule has 3 rings (SSSR count). The van der Waals surface area contributed by atoms with Crippen molar-refractivity contribution in [1.29, 1.82) is 0 Å². The number of ketones is 1. The van der Waals surface area contributed by atoms with E-state index in [0.29, 0.717) is 43.3 Å². The van der Waals surface area contributed by atoms with Gasteiger partial charge in [-0.25, -0.2) is 8.42 Å². The Hall–Kier alpha value is -1.96. The van der Waals surface area contributed by atoms with Gasteiger partial charge in [0.05, 0.1) is 17.1 Å². The van der Waals surface area contributed by atoms with Gasteiger partial charge in [-0.15, -0.1) is 0 Å². The molecule has 1 saturated heterocycles. The summed E-state index contributed by atoms with van der Waals surface area (Å²) in [6.45, 7) is 2.21. The maximum Gasteiger partial charge on any atom is 0.243 e. The zero-order valence-electron chi connectivity index (χ0n) is 12.7. The molecule has 0 saturated carbocycles. The van der Waals surface area contributed by atoms with Crippen molar-refractivity contribution in [3.63, 3.8) is 0 Å². The Bertz CT molecular complexity index is 749. The number of carbonyl (C=O) groups excluding carboxylic acids is 1. The molecule has 0 aliphatic carbocycles. The molecule has 2 aromatic rings. The van der Waals surface area contributed by atoms with Gasteiger partial charge in [0, 0.05) is 32.4 Å². The normalized spacial score (nSPS) is 17.2. The highest BCUT2D eigenvalue weighted by Gasteiger charge is 2.28. The van der Waals surface area contributed by atoms with E-state index in [9.17, 15) is 13.2 Å². The second-order valence-corrected chi connectivity index (χ2v) is 7.44. The van der Waals surface area contributed by atoms with Crippen molar-refractivity contribution in [3.05, 3.63) is 54.4 Å². The van der Waals surface area contributed by atoms with E-state index in [2.05, 4.69) is 4.98 Å². The van der Waals surface area contributed by atoms with Gasteiger partial charge in [0.15, 0.2) is 5.78 Å². The highest BCUT2D eigenvalue weighted by atomic mass is 32.2. The smallest absolute Gasteiger partial charge is 0.243 e. The van der Waals surface area contributed by atoms with Crippen LogP contribution in [-0.4, -0.2) is 61.1 Å². The summed E-state index contributed by atoms with van der Waals surface area (Å²) in [6, 6.07) is 12.0. The largest absolute Gasteiger partial charge is 0.359 e. The standard InChI is InChI=1S/C16H19N3O3S/c20-16(15-7-4-8-17-15)13-18-9-11-19(12-10-18)23(21,22)14-5-2-1-3-6-14/h1-8,17H,9-13H2. The summed E-state index contributed by atoms with van der Waals surface area (Å²) in [4.78, 5) is 17.3. The van der Waals surface area contributed by atoms with E-state index in [4.69, 9.17) is 0 Å². The molecule has 0 bridgehead atoms. The van der Waals surface area contributed by atoms with Crippen LogP contribution >= 0.6 is 0 Å². The number of nitrogens with one attached hydrogen (secondary N) is 1. The van der Waals surface area contributed by atoms with Gasteiger partial charge in [-0.1, -0.05) is 18.2 Å². The van der Waals surface area contributed by atoms with Gasteiger partial charge < -0.3 is 4.98 Å². The van der Waals surface area contributed by atoms with Gasteiger partial charge in [-0.05, 0) is 24.3 Å². The molecule has 1 aromatic carbocycles. The summed E-state index contributed by atoms with van der Waals surface area (Å²) in [5.41, 5.74) is 0.587. The number of aromatic amines is 1. The van der Waals surface area contributed by atoms with Crippen LogP contribution in [0.4, 0.5) is 0 Å². The average molecular weight is 333 g/mol. The fourth-order valence-electron chi connectivity index (χ4n) is 2.66. The molecule has 0 amide bonds. The summed E-state index contributed by atoms with van der Waals surface area (Å²) in [6.07, 6.45) is 1.72. The van der Waals surface area contributed by atoms with Crippen LogP contribution in [0.15, 0.2) is 53.6 Å². The Kier molecular flexibility index (Phi) is 4.61. The molecule has 1 fully saturated rings. The summed E-state index contributed by atoms with van der Waals surface area (Å²) in [5.74, 6) is 0.0226. The van der Waals surface area contributed by atoms with E-state index in [1.807, 2.05) is 4.90 Å². The molecule has 0 unspecified atom stereocenters. The molecule has 1 aliphatic rings. The maximum atomic E-state index is 12.5. The minimum atomic E-state index is -3.44. The first kappa shape index (κ1) is 15.9. The minimum absolute atomic E-state index is 0.0226. The Morgan fingerprint density at radius 1 is 1.00 bits per heavy atom. The number of benzene rings is 1. The Morgan fingerprint density at radius 2 is 1.70 bits per heavy atom. The number of aromatic nitrogens is 1. The third-order valence-electron chi connectivity index (χ3n) is 3.98. The van der Waals surface area contributed by atoms with Crippen LogP contribution in [0, 0.1) is 0 Å². The molecule has 1 N–H and O–H groups in total. The van der Waals surface area contributed by atoms with Gasteiger partial charge in [0.2, 0.25) is 10.0 Å². The first-order chi connectivity index (χ1) is 11.1. The molecule has 0 spiro atoms. The molecule has 6 nitrogen and oxygen atoms in total. The van der Waals surface area contributed by atoms with Crippen LogP contribution in [0.3, 0.4) is 0 Å². The predicted octanol–water partition coefficient (Wildman–Crippen LogP) is 1.20. The van der Waals surface area contributed by atoms with Crippen LogP contribution < -0.4 is 0 Å². The van der Waals surface area contributed by atoms with Crippen LogP contribution in [0.1, 0.15) is 10.5 Å². The van der Waals surface area contributed by atoms with Crippen molar-refractivity contribution in [1.82, 2.24) is 14.2 Å². The molecule has 0 atom stereocenters. The lowest BCUT2D eigenvalue weighted by atomic mass is 10.2. The second-order valence-electron chi connectivity index (χ2n) is 5.50. The molecule has 1 aliphatic heterocycles. The highest BCUT2D eigenvalue weighted by Crippen LogP contribution is 2.17. The predicted molar refractivity (Wildman–Crippen MR) is 86.8 cm³/mol. The quantitative estimate of drug-likeness (QED) is 0.835. The number of rotatable bonds is 5. The minimum Gasteiger partial charge on any atom is -0.359 e. The number of piperazine rings is 1. The number of Topliss-reactive ketones (excluding diaryl/α,β-unsaturated/α-hetero) is 1. The number of nitrogens with zero attached hydrogens (tertiary/aromatic N) is 2. The van der Waals surface area contributed by atoms with E-state index in [-0.39, 0.29) is 5.78 Å². The molecule has 1 aromatic heterocycles. The second kappa shape index (κ2) is 6.66. The van der Waals surface area contributed by atoms with Crippen LogP contribution in [0.5, 0.6) is 0 Å². The first-order valence-electron chi connectivity index (χ1n) is 7.51. The van der Waals surface area contributed by atoms with Gasteiger partial charge in [0.25, 0.3) is 0 Å². The zero-order valence-corrected chi connectivity index (χ0v) is 13.5. The molecule has 2 heterocycles. The highest BCUT2D eigenvalue weighted by molar-refractivity contribution is 7.89. The lowest BCUT2D eigenvalue weighted by Gasteiger charge is -2.33. The lowest BCUT2D eigenvalue weighted by molar-refractivity contribution is 0.0897. The van der Waals surface area contributed by atoms with Crippen molar-refractivity contribution >= 4 is 15.8 Å². The molecule has 23 heavy (non-hydrogen) atoms. The Morgan fingerprint density at radius 3 is 2.30 bits per heavy atom. The summed E-state index contributed by atoms with van der Waals surface area (Å²) < 4.78 is 26.6. The van der Waals surface area contributed by atoms with E-state index in [1.165, 1.54) is 4.31 Å². The van der Waals surface area contributed by atoms with Crippen molar-refractivity contribution < 1.29 is 13.2 Å². The van der Waals surface area contributed by atoms with Crippen molar-refractivity contribution in [2.75, 3.05) is 32.7 Å². The average Bonchev–Trinajstić information content (AvgIpc) is 3.11. The van der Waals surface area contributed by atoms with Gasteiger partial charge in [0.1, 0.15) is 0 Å². The molecular formula is C16H19N3O3S. The van der Waals surface area contributed by atoms with E-state index in [1.54, 1.807) is 48.7 Å². The van der Waals surface area contributed by atoms with Gasteiger partial charge in [-0.2, -0.15) is 4.31 Å². The molecule has 122 valence electrons. The van der Waals surface area contributed by atoms with E-state index in [0.717, 1.165) is 0 Å². The lowest BCUT2D eigenvalue weighted by Crippen LogP contribution is -2.49. The summed E-state index contributed by atoms with van der Waals surface area (Å²) in [5, 5.41) is 0. The fraction of sp³-hybridized carbons (Fsp3) is 0.312. The topological polar surface area (TPSA) is 73.5 Å². The van der Waals surface area contributed by atoms with Crippen molar-refractivity contribution in [2.24, 2.45) is 0 Å². The Labute approximate surface area is 135 Å². The number of hydrogen-bond acceptors (Lipinski definition) is 4. The monoisotopic (exact) mass is 333 g/mol. The van der Waals surface area contributed by atoms with Crippen LogP contribution in [0.25, 0.3) is 0 Å². The van der Waals surface area contributed by atoms with Gasteiger partial charge in [-0.3, -0.25) is 9.69 Å². The summed E-state index contributed by atoms with van der Waals surface area (Å²) in [7, 11) is -3.44. The Balaban J connectivity index is 1.59.